The van der Waals surface area contributed by atoms with E-state index in [1.165, 1.54) is 19.1 Å². The zero-order chi connectivity index (χ0) is 19.4. The third kappa shape index (κ3) is 3.92. The van der Waals surface area contributed by atoms with Crippen molar-refractivity contribution < 1.29 is 19.2 Å². The summed E-state index contributed by atoms with van der Waals surface area (Å²) in [6, 6.07) is 16.9. The van der Waals surface area contributed by atoms with Gasteiger partial charge in [0.1, 0.15) is 6.29 Å². The number of nitro groups is 1. The first kappa shape index (κ1) is 18.1. The monoisotopic (exact) mass is 364 g/mol. The number of anilines is 1. The molecule has 0 saturated carbocycles. The molecule has 0 unspecified atom stereocenters. The van der Waals surface area contributed by atoms with Crippen LogP contribution >= 0.6 is 0 Å². The fourth-order valence-electron chi connectivity index (χ4n) is 2.66. The van der Waals surface area contributed by atoms with E-state index >= 15 is 0 Å². The van der Waals surface area contributed by atoms with E-state index in [0.717, 1.165) is 16.8 Å². The van der Waals surface area contributed by atoms with E-state index in [1.807, 2.05) is 36.4 Å². The maximum atomic E-state index is 12.5. The Bertz CT molecular complexity index is 1030. The molecule has 0 saturated heterocycles. The number of nitro benzene ring substituents is 1. The van der Waals surface area contributed by atoms with Crippen molar-refractivity contribution >= 4 is 34.3 Å². The second-order valence-electron chi connectivity index (χ2n) is 5.88. The number of ether oxygens (including phenoxy) is 1. The maximum absolute atomic E-state index is 12.5. The normalized spacial score (nSPS) is 11.6. The highest BCUT2D eigenvalue weighted by Gasteiger charge is 2.22. The summed E-state index contributed by atoms with van der Waals surface area (Å²) in [5.41, 5.74) is 0.408. The zero-order valence-electron chi connectivity index (χ0n) is 14.4. The van der Waals surface area contributed by atoms with Crippen molar-refractivity contribution in [3.63, 3.8) is 0 Å². The lowest BCUT2D eigenvalue weighted by Crippen LogP contribution is -2.30. The summed E-state index contributed by atoms with van der Waals surface area (Å²) >= 11 is 0. The Labute approximate surface area is 154 Å². The molecule has 0 aliphatic heterocycles. The van der Waals surface area contributed by atoms with Gasteiger partial charge in [-0.25, -0.2) is 0 Å². The number of amides is 1. The summed E-state index contributed by atoms with van der Waals surface area (Å²) < 4.78 is 5.48. The van der Waals surface area contributed by atoms with E-state index in [4.69, 9.17) is 4.74 Å². The topological polar surface area (TPSA) is 98.5 Å². The van der Waals surface area contributed by atoms with Crippen molar-refractivity contribution in [2.45, 2.75) is 13.0 Å². The number of hydrogen-bond acceptors (Lipinski definition) is 5. The molecule has 7 heteroatoms. The molecule has 136 valence electrons. The Morgan fingerprint density at radius 2 is 1.89 bits per heavy atom. The average molecular weight is 364 g/mol. The van der Waals surface area contributed by atoms with Crippen LogP contribution in [0, 0.1) is 10.1 Å². The van der Waals surface area contributed by atoms with Crippen LogP contribution in [0.5, 0.6) is 5.75 Å². The molecular weight excluding hydrogens is 348 g/mol. The molecular formula is C20H16N2O5. The predicted octanol–water partition coefficient (Wildman–Crippen LogP) is 3.97. The largest absolute Gasteiger partial charge is 0.474 e. The minimum atomic E-state index is -0.982. The minimum Gasteiger partial charge on any atom is -0.474 e. The molecule has 0 aromatic heterocycles. The highest BCUT2D eigenvalue weighted by atomic mass is 16.6. The highest BCUT2D eigenvalue weighted by Crippen LogP contribution is 2.29. The maximum Gasteiger partial charge on any atom is 0.311 e. The SMILES string of the molecule is C[C@H](Oc1ccc(C=O)cc1[N+](=O)[O-])C(=O)Nc1cccc2ccccc12. The molecule has 1 amide bonds. The van der Waals surface area contributed by atoms with Gasteiger partial charge in [0, 0.05) is 22.7 Å². The first-order valence-electron chi connectivity index (χ1n) is 8.18. The lowest BCUT2D eigenvalue weighted by atomic mass is 10.1. The summed E-state index contributed by atoms with van der Waals surface area (Å²) in [5.74, 6) is -0.522. The number of aldehydes is 1. The molecule has 1 N–H and O–H groups in total. The number of benzene rings is 3. The molecule has 7 nitrogen and oxygen atoms in total. The predicted molar refractivity (Wildman–Crippen MR) is 101 cm³/mol. The number of rotatable bonds is 6. The van der Waals surface area contributed by atoms with Crippen LogP contribution in [-0.2, 0) is 4.79 Å². The third-order valence-electron chi connectivity index (χ3n) is 4.04. The Hall–Kier alpha value is -3.74. The van der Waals surface area contributed by atoms with Crippen molar-refractivity contribution in [1.82, 2.24) is 0 Å². The lowest BCUT2D eigenvalue weighted by Gasteiger charge is -2.16. The Morgan fingerprint density at radius 3 is 2.63 bits per heavy atom. The van der Waals surface area contributed by atoms with Gasteiger partial charge in [-0.1, -0.05) is 36.4 Å². The molecule has 0 radical (unpaired) electrons. The van der Waals surface area contributed by atoms with Crippen molar-refractivity contribution in [2.24, 2.45) is 0 Å². The van der Waals surface area contributed by atoms with Gasteiger partial charge in [0.05, 0.1) is 4.92 Å². The van der Waals surface area contributed by atoms with E-state index in [1.54, 1.807) is 6.07 Å². The summed E-state index contributed by atoms with van der Waals surface area (Å²) in [5, 5.41) is 15.8. The van der Waals surface area contributed by atoms with Gasteiger partial charge in [-0.2, -0.15) is 0 Å². The Kier molecular flexibility index (Phi) is 5.12. The van der Waals surface area contributed by atoms with Gasteiger partial charge in [0.2, 0.25) is 0 Å². The Morgan fingerprint density at radius 1 is 1.15 bits per heavy atom. The van der Waals surface area contributed by atoms with Crippen LogP contribution in [-0.4, -0.2) is 23.2 Å². The molecule has 27 heavy (non-hydrogen) atoms. The highest BCUT2D eigenvalue weighted by molar-refractivity contribution is 6.03. The van der Waals surface area contributed by atoms with E-state index in [0.29, 0.717) is 12.0 Å². The van der Waals surface area contributed by atoms with Gasteiger partial charge in [-0.3, -0.25) is 19.7 Å². The molecule has 0 bridgehead atoms. The second-order valence-corrected chi connectivity index (χ2v) is 5.88. The van der Waals surface area contributed by atoms with Gasteiger partial charge < -0.3 is 10.1 Å². The molecule has 3 aromatic rings. The number of fused-ring (bicyclic) bond motifs is 1. The zero-order valence-corrected chi connectivity index (χ0v) is 14.4. The fraction of sp³-hybridized carbons (Fsp3) is 0.100. The molecule has 1 atom stereocenters. The number of hydrogen-bond donors (Lipinski definition) is 1. The molecule has 0 aliphatic carbocycles. The number of nitrogens with one attached hydrogen (secondary N) is 1. The molecule has 0 aliphatic rings. The van der Waals surface area contributed by atoms with E-state index in [-0.39, 0.29) is 17.0 Å². The van der Waals surface area contributed by atoms with Gasteiger partial charge >= 0.3 is 5.69 Å². The molecule has 3 rings (SSSR count). The van der Waals surface area contributed by atoms with Crippen molar-refractivity contribution in [1.29, 1.82) is 0 Å². The number of carbonyl (C=O) groups excluding carboxylic acids is 2. The van der Waals surface area contributed by atoms with Crippen molar-refractivity contribution in [3.8, 4) is 5.75 Å². The van der Waals surface area contributed by atoms with Crippen LogP contribution in [0.1, 0.15) is 17.3 Å². The van der Waals surface area contributed by atoms with Crippen LogP contribution in [0.25, 0.3) is 10.8 Å². The van der Waals surface area contributed by atoms with Crippen LogP contribution in [0.4, 0.5) is 11.4 Å². The van der Waals surface area contributed by atoms with Crippen molar-refractivity contribution in [3.05, 3.63) is 76.3 Å². The number of carbonyl (C=O) groups is 2. The van der Waals surface area contributed by atoms with E-state index in [9.17, 15) is 19.7 Å². The summed E-state index contributed by atoms with van der Waals surface area (Å²) in [6.45, 7) is 1.50. The molecule has 0 fully saturated rings. The summed E-state index contributed by atoms with van der Waals surface area (Å²) in [4.78, 5) is 33.8. The van der Waals surface area contributed by atoms with E-state index < -0.39 is 16.9 Å². The minimum absolute atomic E-state index is 0.0776. The quantitative estimate of drug-likeness (QED) is 0.405. The summed E-state index contributed by atoms with van der Waals surface area (Å²) in [7, 11) is 0. The third-order valence-corrected chi connectivity index (χ3v) is 4.04. The van der Waals surface area contributed by atoms with E-state index in [2.05, 4.69) is 5.32 Å². The molecule has 0 spiro atoms. The van der Waals surface area contributed by atoms with Crippen LogP contribution in [0.3, 0.4) is 0 Å². The van der Waals surface area contributed by atoms with Crippen LogP contribution in [0.15, 0.2) is 60.7 Å². The Balaban J connectivity index is 1.80. The van der Waals surface area contributed by atoms with Crippen LogP contribution in [0.2, 0.25) is 0 Å². The smallest absolute Gasteiger partial charge is 0.311 e. The van der Waals surface area contributed by atoms with Crippen LogP contribution < -0.4 is 10.1 Å². The van der Waals surface area contributed by atoms with Gasteiger partial charge in [-0.15, -0.1) is 0 Å². The molecule has 0 heterocycles. The fourth-order valence-corrected chi connectivity index (χ4v) is 2.66. The van der Waals surface area contributed by atoms with Gasteiger partial charge in [0.25, 0.3) is 5.91 Å². The second kappa shape index (κ2) is 7.65. The number of nitrogens with zero attached hydrogens (tertiary/aromatic N) is 1. The van der Waals surface area contributed by atoms with Crippen molar-refractivity contribution in [2.75, 3.05) is 5.32 Å². The standard InChI is InChI=1S/C20H16N2O5/c1-13(27-19-10-9-14(12-23)11-18(19)22(25)26)20(24)21-17-8-4-6-15-5-2-3-7-16(15)17/h2-13H,1H3,(H,21,24)/t13-/m0/s1. The van der Waals surface area contributed by atoms with Gasteiger partial charge in [-0.05, 0) is 30.5 Å². The average Bonchev–Trinajstić information content (AvgIpc) is 2.68. The summed E-state index contributed by atoms with van der Waals surface area (Å²) in [6.07, 6.45) is -0.474. The lowest BCUT2D eigenvalue weighted by molar-refractivity contribution is -0.386. The first-order chi connectivity index (χ1) is 13.0. The molecule has 3 aromatic carbocycles. The first-order valence-corrected chi connectivity index (χ1v) is 8.18. The van der Waals surface area contributed by atoms with Gasteiger partial charge in [0.15, 0.2) is 11.9 Å².